The van der Waals surface area contributed by atoms with Gasteiger partial charge < -0.3 is 9.15 Å². The van der Waals surface area contributed by atoms with E-state index in [2.05, 4.69) is 6.92 Å². The topological polar surface area (TPSA) is 39.4 Å². The van der Waals surface area contributed by atoms with Crippen LogP contribution in [0.2, 0.25) is 5.02 Å². The summed E-state index contributed by atoms with van der Waals surface area (Å²) in [5, 5.41) is 1.23. The maximum Gasteiger partial charge on any atom is 0.336 e. The normalized spacial score (nSPS) is 11.1. The first-order chi connectivity index (χ1) is 12.5. The number of hydrogen-bond acceptors (Lipinski definition) is 3. The summed E-state index contributed by atoms with van der Waals surface area (Å²) in [5.41, 5.74) is 2.13. The van der Waals surface area contributed by atoms with Gasteiger partial charge in [0.15, 0.2) is 0 Å². The summed E-state index contributed by atoms with van der Waals surface area (Å²) in [6.07, 6.45) is 2.87. The van der Waals surface area contributed by atoms with Gasteiger partial charge in [0.1, 0.15) is 23.8 Å². The zero-order valence-electron chi connectivity index (χ0n) is 14.8. The summed E-state index contributed by atoms with van der Waals surface area (Å²) in [6.45, 7) is 3.93. The Labute approximate surface area is 156 Å². The second-order valence-corrected chi connectivity index (χ2v) is 6.66. The van der Waals surface area contributed by atoms with E-state index in [1.54, 1.807) is 18.2 Å². The molecule has 0 atom stereocenters. The number of benzene rings is 2. The highest BCUT2D eigenvalue weighted by Gasteiger charge is 2.13. The molecule has 0 aliphatic carbocycles. The van der Waals surface area contributed by atoms with Crippen molar-refractivity contribution in [1.82, 2.24) is 0 Å². The summed E-state index contributed by atoms with van der Waals surface area (Å²) in [4.78, 5) is 11.9. The molecule has 0 fully saturated rings. The standard InChI is InChI=1S/C21H20ClFO3/c1-3-4-6-14-11-20(24)26-21-13(2)19(10-9-15(14)21)25-12-16-17(22)7-5-8-18(16)23/h5,7-11H,3-4,6,12H2,1-2H3. The van der Waals surface area contributed by atoms with Crippen LogP contribution in [-0.4, -0.2) is 0 Å². The second-order valence-electron chi connectivity index (χ2n) is 6.25. The molecule has 3 rings (SSSR count). The fourth-order valence-electron chi connectivity index (χ4n) is 2.96. The third-order valence-corrected chi connectivity index (χ3v) is 4.78. The average molecular weight is 375 g/mol. The van der Waals surface area contributed by atoms with Gasteiger partial charge in [-0.15, -0.1) is 0 Å². The summed E-state index contributed by atoms with van der Waals surface area (Å²) in [5.74, 6) is 0.122. The SMILES string of the molecule is CCCCc1cc(=O)oc2c(C)c(OCc3c(F)cccc3Cl)ccc12. The zero-order valence-corrected chi connectivity index (χ0v) is 15.5. The minimum atomic E-state index is -0.413. The quantitative estimate of drug-likeness (QED) is 0.510. The van der Waals surface area contributed by atoms with E-state index >= 15 is 0 Å². The van der Waals surface area contributed by atoms with Crippen LogP contribution >= 0.6 is 11.6 Å². The minimum Gasteiger partial charge on any atom is -0.488 e. The first-order valence-electron chi connectivity index (χ1n) is 8.63. The third kappa shape index (κ3) is 3.75. The Morgan fingerprint density at radius 3 is 2.77 bits per heavy atom. The van der Waals surface area contributed by atoms with Gasteiger partial charge in [0.05, 0.1) is 5.02 Å². The van der Waals surface area contributed by atoms with Crippen molar-refractivity contribution in [1.29, 1.82) is 0 Å². The van der Waals surface area contributed by atoms with Gasteiger partial charge in [-0.25, -0.2) is 9.18 Å². The van der Waals surface area contributed by atoms with Gasteiger partial charge in [0.25, 0.3) is 0 Å². The van der Waals surface area contributed by atoms with E-state index in [9.17, 15) is 9.18 Å². The number of halogens is 2. The Hall–Kier alpha value is -2.33. The van der Waals surface area contributed by atoms with Crippen LogP contribution in [0.4, 0.5) is 4.39 Å². The molecule has 26 heavy (non-hydrogen) atoms. The molecular weight excluding hydrogens is 355 g/mol. The van der Waals surface area contributed by atoms with E-state index in [0.717, 1.165) is 30.2 Å². The Balaban J connectivity index is 1.95. The van der Waals surface area contributed by atoms with Crippen LogP contribution in [0.15, 0.2) is 45.6 Å². The van der Waals surface area contributed by atoms with Gasteiger partial charge >= 0.3 is 5.63 Å². The van der Waals surface area contributed by atoms with Crippen LogP contribution in [0.3, 0.4) is 0 Å². The fourth-order valence-corrected chi connectivity index (χ4v) is 3.18. The van der Waals surface area contributed by atoms with Crippen molar-refractivity contribution in [3.8, 4) is 5.75 Å². The van der Waals surface area contributed by atoms with Crippen LogP contribution in [0, 0.1) is 12.7 Å². The lowest BCUT2D eigenvalue weighted by Crippen LogP contribution is -2.04. The number of rotatable bonds is 6. The van der Waals surface area contributed by atoms with E-state index in [1.165, 1.54) is 6.07 Å². The van der Waals surface area contributed by atoms with Crippen molar-refractivity contribution >= 4 is 22.6 Å². The fraction of sp³-hybridized carbons (Fsp3) is 0.286. The van der Waals surface area contributed by atoms with Gasteiger partial charge in [-0.1, -0.05) is 31.0 Å². The van der Waals surface area contributed by atoms with Crippen molar-refractivity contribution in [2.75, 3.05) is 0 Å². The van der Waals surface area contributed by atoms with Gasteiger partial charge in [0.2, 0.25) is 0 Å². The second kappa shape index (κ2) is 7.92. The maximum absolute atomic E-state index is 13.9. The predicted octanol–water partition coefficient (Wildman–Crippen LogP) is 5.82. The molecular formula is C21H20ClFO3. The van der Waals surface area contributed by atoms with E-state index in [-0.39, 0.29) is 12.2 Å². The largest absolute Gasteiger partial charge is 0.488 e. The molecule has 0 saturated heterocycles. The summed E-state index contributed by atoms with van der Waals surface area (Å²) in [7, 11) is 0. The molecule has 3 nitrogen and oxygen atoms in total. The average Bonchev–Trinajstić information content (AvgIpc) is 2.61. The Morgan fingerprint density at radius 1 is 1.23 bits per heavy atom. The zero-order chi connectivity index (χ0) is 18.7. The number of hydrogen-bond donors (Lipinski definition) is 0. The summed E-state index contributed by atoms with van der Waals surface area (Å²) < 4.78 is 25.1. The van der Waals surface area contributed by atoms with Crippen LogP contribution in [-0.2, 0) is 13.0 Å². The lowest BCUT2D eigenvalue weighted by Gasteiger charge is -2.13. The molecule has 0 aliphatic rings. The molecule has 0 aliphatic heterocycles. The van der Waals surface area contributed by atoms with Crippen molar-refractivity contribution in [2.24, 2.45) is 0 Å². The van der Waals surface area contributed by atoms with Crippen molar-refractivity contribution < 1.29 is 13.5 Å². The molecule has 0 unspecified atom stereocenters. The molecule has 0 bridgehead atoms. The number of unbranched alkanes of at least 4 members (excludes halogenated alkanes) is 1. The first-order valence-corrected chi connectivity index (χ1v) is 9.01. The van der Waals surface area contributed by atoms with Gasteiger partial charge in [0, 0.05) is 22.6 Å². The van der Waals surface area contributed by atoms with Gasteiger partial charge in [-0.2, -0.15) is 0 Å². The van der Waals surface area contributed by atoms with E-state index < -0.39 is 5.82 Å². The summed E-state index contributed by atoms with van der Waals surface area (Å²) in [6, 6.07) is 9.77. The highest BCUT2D eigenvalue weighted by atomic mass is 35.5. The molecule has 0 spiro atoms. The molecule has 0 N–H and O–H groups in total. The minimum absolute atomic E-state index is 0.00237. The highest BCUT2D eigenvalue weighted by molar-refractivity contribution is 6.31. The van der Waals surface area contributed by atoms with E-state index in [0.29, 0.717) is 27.5 Å². The lowest BCUT2D eigenvalue weighted by atomic mass is 10.0. The van der Waals surface area contributed by atoms with Crippen molar-refractivity contribution in [3.63, 3.8) is 0 Å². The Morgan fingerprint density at radius 2 is 2.04 bits per heavy atom. The molecule has 0 amide bonds. The predicted molar refractivity (Wildman–Crippen MR) is 102 cm³/mol. The molecule has 136 valence electrons. The molecule has 3 aromatic rings. The molecule has 1 aromatic heterocycles. The number of ether oxygens (including phenoxy) is 1. The van der Waals surface area contributed by atoms with E-state index in [4.69, 9.17) is 20.8 Å². The highest BCUT2D eigenvalue weighted by Crippen LogP contribution is 2.30. The van der Waals surface area contributed by atoms with Crippen LogP contribution in [0.1, 0.15) is 36.5 Å². The molecule has 0 radical (unpaired) electrons. The maximum atomic E-state index is 13.9. The molecule has 2 aromatic carbocycles. The Bertz CT molecular complexity index is 974. The monoisotopic (exact) mass is 374 g/mol. The Kier molecular flexibility index (Phi) is 5.62. The van der Waals surface area contributed by atoms with Crippen molar-refractivity contribution in [2.45, 2.75) is 39.7 Å². The van der Waals surface area contributed by atoms with Crippen LogP contribution in [0.25, 0.3) is 11.0 Å². The number of fused-ring (bicyclic) bond motifs is 1. The van der Waals surface area contributed by atoms with Crippen LogP contribution in [0.5, 0.6) is 5.75 Å². The third-order valence-electron chi connectivity index (χ3n) is 4.43. The lowest BCUT2D eigenvalue weighted by molar-refractivity contribution is 0.298. The van der Waals surface area contributed by atoms with Crippen LogP contribution < -0.4 is 10.4 Å². The number of aryl methyl sites for hydroxylation is 2. The van der Waals surface area contributed by atoms with Gasteiger partial charge in [-0.3, -0.25) is 0 Å². The first kappa shape index (κ1) is 18.5. The molecule has 0 saturated carbocycles. The van der Waals surface area contributed by atoms with Crippen molar-refractivity contribution in [3.05, 3.63) is 74.3 Å². The summed E-state index contributed by atoms with van der Waals surface area (Å²) >= 11 is 6.04. The van der Waals surface area contributed by atoms with E-state index in [1.807, 2.05) is 19.1 Å². The van der Waals surface area contributed by atoms with Gasteiger partial charge in [-0.05, 0) is 49.6 Å². The molecule has 5 heteroatoms. The molecule has 1 heterocycles. The smallest absolute Gasteiger partial charge is 0.336 e.